The standard InChI is InChI=1S/C15H21ClF2N2O/c1-10-3-2-6-20(13(10)8-19)9-11-7-12(16)4-5-14(11)21-15(17)18/h4-5,7,10,13,15H,2-3,6,8-9,19H2,1H3. The second-order valence-electron chi connectivity index (χ2n) is 5.52. The first-order valence-electron chi connectivity index (χ1n) is 7.18. The predicted octanol–water partition coefficient (Wildman–Crippen LogP) is 3.50. The van der Waals surface area contributed by atoms with Gasteiger partial charge in [0, 0.05) is 29.7 Å². The maximum Gasteiger partial charge on any atom is 0.387 e. The molecule has 2 atom stereocenters. The molecule has 1 aromatic rings. The number of hydrogen-bond donors (Lipinski definition) is 1. The molecule has 2 N–H and O–H groups in total. The van der Waals surface area contributed by atoms with Gasteiger partial charge in [0.05, 0.1) is 0 Å². The molecule has 0 amide bonds. The van der Waals surface area contributed by atoms with Crippen molar-refractivity contribution in [2.45, 2.75) is 39.0 Å². The maximum absolute atomic E-state index is 12.5. The van der Waals surface area contributed by atoms with Crippen LogP contribution in [0.3, 0.4) is 0 Å². The molecule has 6 heteroatoms. The van der Waals surface area contributed by atoms with Crippen molar-refractivity contribution in [3.8, 4) is 5.75 Å². The minimum Gasteiger partial charge on any atom is -0.434 e. The van der Waals surface area contributed by atoms with Gasteiger partial charge in [0.25, 0.3) is 0 Å². The molecule has 0 saturated carbocycles. The van der Waals surface area contributed by atoms with Crippen LogP contribution in [0.1, 0.15) is 25.3 Å². The van der Waals surface area contributed by atoms with Crippen LogP contribution in [0.4, 0.5) is 8.78 Å². The Balaban J connectivity index is 2.18. The smallest absolute Gasteiger partial charge is 0.387 e. The van der Waals surface area contributed by atoms with Gasteiger partial charge in [0.1, 0.15) is 5.75 Å². The Morgan fingerprint density at radius 1 is 1.48 bits per heavy atom. The largest absolute Gasteiger partial charge is 0.434 e. The Labute approximate surface area is 129 Å². The van der Waals surface area contributed by atoms with E-state index in [4.69, 9.17) is 17.3 Å². The Morgan fingerprint density at radius 2 is 2.24 bits per heavy atom. The first-order chi connectivity index (χ1) is 10.0. The summed E-state index contributed by atoms with van der Waals surface area (Å²) in [5.41, 5.74) is 6.54. The van der Waals surface area contributed by atoms with Gasteiger partial charge in [-0.05, 0) is 43.5 Å². The molecular formula is C15H21ClF2N2O. The van der Waals surface area contributed by atoms with E-state index in [0.29, 0.717) is 29.6 Å². The highest BCUT2D eigenvalue weighted by atomic mass is 35.5. The fraction of sp³-hybridized carbons (Fsp3) is 0.600. The van der Waals surface area contributed by atoms with Gasteiger partial charge in [-0.1, -0.05) is 18.5 Å². The van der Waals surface area contributed by atoms with Gasteiger partial charge in [0.2, 0.25) is 0 Å². The monoisotopic (exact) mass is 318 g/mol. The van der Waals surface area contributed by atoms with Crippen molar-refractivity contribution < 1.29 is 13.5 Å². The Morgan fingerprint density at radius 3 is 2.90 bits per heavy atom. The van der Waals surface area contributed by atoms with Gasteiger partial charge >= 0.3 is 6.61 Å². The quantitative estimate of drug-likeness (QED) is 0.903. The van der Waals surface area contributed by atoms with E-state index in [1.54, 1.807) is 12.1 Å². The van der Waals surface area contributed by atoms with E-state index in [9.17, 15) is 8.78 Å². The third-order valence-electron chi connectivity index (χ3n) is 4.08. The topological polar surface area (TPSA) is 38.5 Å². The summed E-state index contributed by atoms with van der Waals surface area (Å²) in [6.45, 7) is 1.34. The zero-order valence-electron chi connectivity index (χ0n) is 12.1. The summed E-state index contributed by atoms with van der Waals surface area (Å²) in [5.74, 6) is 0.686. The summed E-state index contributed by atoms with van der Waals surface area (Å²) < 4.78 is 29.6. The third-order valence-corrected chi connectivity index (χ3v) is 4.32. The molecule has 118 valence electrons. The number of nitrogens with zero attached hydrogens (tertiary/aromatic N) is 1. The lowest BCUT2D eigenvalue weighted by molar-refractivity contribution is -0.0510. The van der Waals surface area contributed by atoms with E-state index in [1.807, 2.05) is 0 Å². The predicted molar refractivity (Wildman–Crippen MR) is 79.7 cm³/mol. The number of hydrogen-bond acceptors (Lipinski definition) is 3. The zero-order chi connectivity index (χ0) is 15.4. The van der Waals surface area contributed by atoms with Gasteiger partial charge in [0.15, 0.2) is 0 Å². The summed E-state index contributed by atoms with van der Waals surface area (Å²) in [6, 6.07) is 5.00. The van der Waals surface area contributed by atoms with Crippen LogP contribution in [-0.2, 0) is 6.54 Å². The fourth-order valence-corrected chi connectivity index (χ4v) is 3.21. The number of halogens is 3. The van der Waals surface area contributed by atoms with Gasteiger partial charge in [-0.25, -0.2) is 0 Å². The first kappa shape index (κ1) is 16.5. The Kier molecular flexibility index (Phi) is 5.79. The average Bonchev–Trinajstić information content (AvgIpc) is 2.42. The zero-order valence-corrected chi connectivity index (χ0v) is 12.8. The maximum atomic E-state index is 12.5. The van der Waals surface area contributed by atoms with E-state index in [1.165, 1.54) is 6.07 Å². The van der Waals surface area contributed by atoms with E-state index in [2.05, 4.69) is 16.6 Å². The van der Waals surface area contributed by atoms with E-state index < -0.39 is 6.61 Å². The lowest BCUT2D eigenvalue weighted by atomic mass is 9.90. The van der Waals surface area contributed by atoms with Crippen LogP contribution in [0.25, 0.3) is 0 Å². The summed E-state index contributed by atoms with van der Waals surface area (Å²) in [7, 11) is 0. The summed E-state index contributed by atoms with van der Waals surface area (Å²) in [5, 5.41) is 0.515. The van der Waals surface area contributed by atoms with Crippen LogP contribution in [-0.4, -0.2) is 30.6 Å². The van der Waals surface area contributed by atoms with Crippen molar-refractivity contribution in [1.29, 1.82) is 0 Å². The molecule has 21 heavy (non-hydrogen) atoms. The Bertz CT molecular complexity index is 473. The summed E-state index contributed by atoms with van der Waals surface area (Å²) >= 11 is 5.98. The SMILES string of the molecule is CC1CCCN(Cc2cc(Cl)ccc2OC(F)F)C1CN. The van der Waals surface area contributed by atoms with Crippen LogP contribution in [0.5, 0.6) is 5.75 Å². The molecule has 3 nitrogen and oxygen atoms in total. The van der Waals surface area contributed by atoms with Crippen molar-refractivity contribution >= 4 is 11.6 Å². The van der Waals surface area contributed by atoms with Crippen LogP contribution in [0.15, 0.2) is 18.2 Å². The molecule has 1 fully saturated rings. The van der Waals surface area contributed by atoms with Crippen LogP contribution >= 0.6 is 11.6 Å². The molecule has 0 aromatic heterocycles. The highest BCUT2D eigenvalue weighted by molar-refractivity contribution is 6.30. The number of alkyl halides is 2. The van der Waals surface area contributed by atoms with Crippen molar-refractivity contribution in [3.63, 3.8) is 0 Å². The van der Waals surface area contributed by atoms with E-state index >= 15 is 0 Å². The lowest BCUT2D eigenvalue weighted by Gasteiger charge is -2.39. The van der Waals surface area contributed by atoms with Crippen molar-refractivity contribution in [2.24, 2.45) is 11.7 Å². The van der Waals surface area contributed by atoms with Gasteiger partial charge in [-0.15, -0.1) is 0 Å². The number of benzene rings is 1. The highest BCUT2D eigenvalue weighted by Crippen LogP contribution is 2.29. The average molecular weight is 319 g/mol. The van der Waals surface area contributed by atoms with Crippen molar-refractivity contribution in [1.82, 2.24) is 4.90 Å². The van der Waals surface area contributed by atoms with Crippen LogP contribution in [0, 0.1) is 5.92 Å². The fourth-order valence-electron chi connectivity index (χ4n) is 3.01. The normalized spacial score (nSPS) is 23.5. The second-order valence-corrected chi connectivity index (χ2v) is 5.96. The third kappa shape index (κ3) is 4.28. The molecule has 0 spiro atoms. The van der Waals surface area contributed by atoms with Gasteiger partial charge < -0.3 is 10.5 Å². The lowest BCUT2D eigenvalue weighted by Crippen LogP contribution is -2.48. The molecule has 1 saturated heterocycles. The molecular weight excluding hydrogens is 298 g/mol. The minimum absolute atomic E-state index is 0.184. The molecule has 1 aliphatic heterocycles. The molecule has 0 bridgehead atoms. The van der Waals surface area contributed by atoms with E-state index in [0.717, 1.165) is 19.4 Å². The first-order valence-corrected chi connectivity index (χ1v) is 7.56. The highest BCUT2D eigenvalue weighted by Gasteiger charge is 2.28. The number of likely N-dealkylation sites (tertiary alicyclic amines) is 1. The van der Waals surface area contributed by atoms with Gasteiger partial charge in [-0.2, -0.15) is 8.78 Å². The Hall–Kier alpha value is -0.910. The second kappa shape index (κ2) is 7.38. The number of piperidine rings is 1. The molecule has 0 radical (unpaired) electrons. The van der Waals surface area contributed by atoms with Crippen molar-refractivity contribution in [2.75, 3.05) is 13.1 Å². The summed E-state index contributed by atoms with van der Waals surface area (Å²) in [6.07, 6.45) is 2.23. The molecule has 2 rings (SSSR count). The van der Waals surface area contributed by atoms with Gasteiger partial charge in [-0.3, -0.25) is 4.90 Å². The molecule has 2 unspecified atom stereocenters. The van der Waals surface area contributed by atoms with Crippen LogP contribution in [0.2, 0.25) is 5.02 Å². The molecule has 1 heterocycles. The molecule has 0 aliphatic carbocycles. The number of rotatable bonds is 5. The van der Waals surface area contributed by atoms with Crippen molar-refractivity contribution in [3.05, 3.63) is 28.8 Å². The number of ether oxygens (including phenoxy) is 1. The van der Waals surface area contributed by atoms with Crippen LogP contribution < -0.4 is 10.5 Å². The molecule has 1 aliphatic rings. The molecule has 1 aromatic carbocycles. The minimum atomic E-state index is -2.84. The number of nitrogens with two attached hydrogens (primary N) is 1. The summed E-state index contributed by atoms with van der Waals surface area (Å²) in [4.78, 5) is 2.23. The van der Waals surface area contributed by atoms with E-state index in [-0.39, 0.29) is 11.8 Å².